The Morgan fingerprint density at radius 3 is 2.66 bits per heavy atom. The van der Waals surface area contributed by atoms with E-state index in [0.29, 0.717) is 17.4 Å². The van der Waals surface area contributed by atoms with E-state index in [0.717, 1.165) is 49.9 Å². The summed E-state index contributed by atoms with van der Waals surface area (Å²) in [7, 11) is 0. The second-order valence-corrected chi connectivity index (χ2v) is 9.92. The van der Waals surface area contributed by atoms with Crippen molar-refractivity contribution in [3.63, 3.8) is 0 Å². The first-order chi connectivity index (χ1) is 15.7. The van der Waals surface area contributed by atoms with Gasteiger partial charge in [-0.15, -0.1) is 11.3 Å². The van der Waals surface area contributed by atoms with Gasteiger partial charge in [-0.2, -0.15) is 0 Å². The van der Waals surface area contributed by atoms with Gasteiger partial charge in [0, 0.05) is 30.6 Å². The number of aryl methyl sites for hydroxylation is 2. The summed E-state index contributed by atoms with van der Waals surface area (Å²) in [4.78, 5) is 19.8. The SMILES string of the molecule is O=C(c1cc(-c2ccc3c(c2)CCCC3)on1)N1CCC(c2nc3ccccc3s2)CC1. The number of aromatic nitrogens is 2. The molecule has 1 aliphatic carbocycles. The van der Waals surface area contributed by atoms with Crippen molar-refractivity contribution < 1.29 is 9.32 Å². The third-order valence-corrected chi connectivity index (χ3v) is 8.00. The quantitative estimate of drug-likeness (QED) is 0.398. The van der Waals surface area contributed by atoms with Crippen LogP contribution in [0.5, 0.6) is 0 Å². The average molecular weight is 444 g/mol. The van der Waals surface area contributed by atoms with E-state index in [1.165, 1.54) is 33.7 Å². The van der Waals surface area contributed by atoms with Crippen LogP contribution in [0.3, 0.4) is 0 Å². The van der Waals surface area contributed by atoms with Crippen LogP contribution >= 0.6 is 11.3 Å². The summed E-state index contributed by atoms with van der Waals surface area (Å²) < 4.78 is 6.81. The molecule has 2 aliphatic rings. The van der Waals surface area contributed by atoms with E-state index in [1.54, 1.807) is 17.4 Å². The highest BCUT2D eigenvalue weighted by Gasteiger charge is 2.28. The number of carbonyl (C=O) groups is 1. The fourth-order valence-corrected chi connectivity index (χ4v) is 6.09. The molecule has 1 fully saturated rings. The number of hydrogen-bond acceptors (Lipinski definition) is 5. The number of thiazole rings is 1. The van der Waals surface area contributed by atoms with Gasteiger partial charge in [-0.1, -0.05) is 29.4 Å². The molecule has 0 radical (unpaired) electrons. The predicted octanol–water partition coefficient (Wildman–Crippen LogP) is 5.85. The fourth-order valence-electron chi connectivity index (χ4n) is 4.95. The van der Waals surface area contributed by atoms with Crippen LogP contribution in [0.4, 0.5) is 0 Å². The molecule has 4 aromatic rings. The van der Waals surface area contributed by atoms with E-state index in [2.05, 4.69) is 41.6 Å². The number of amides is 1. The zero-order valence-electron chi connectivity index (χ0n) is 17.9. The summed E-state index contributed by atoms with van der Waals surface area (Å²) >= 11 is 1.78. The maximum Gasteiger partial charge on any atom is 0.276 e. The molecule has 0 N–H and O–H groups in total. The van der Waals surface area contributed by atoms with Crippen molar-refractivity contribution in [2.24, 2.45) is 0 Å². The monoisotopic (exact) mass is 443 g/mol. The lowest BCUT2D eigenvalue weighted by atomic mass is 9.90. The number of para-hydroxylation sites is 1. The summed E-state index contributed by atoms with van der Waals surface area (Å²) in [5, 5.41) is 5.30. The number of piperidine rings is 1. The molecule has 1 aliphatic heterocycles. The maximum atomic E-state index is 13.1. The standard InChI is InChI=1S/C26H25N3O2S/c30-26(22-16-23(31-28-22)20-10-9-17-5-1-2-6-19(17)15-20)29-13-11-18(12-14-29)25-27-21-7-3-4-8-24(21)32-25/h3-4,7-10,15-16,18H,1-2,5-6,11-14H2. The third kappa shape index (κ3) is 3.62. The fraction of sp³-hybridized carbons (Fsp3) is 0.346. The Kier molecular flexibility index (Phi) is 5.02. The third-order valence-electron chi connectivity index (χ3n) is 6.80. The molecule has 0 bridgehead atoms. The molecule has 6 heteroatoms. The first kappa shape index (κ1) is 19.7. The van der Waals surface area contributed by atoms with E-state index >= 15 is 0 Å². The highest BCUT2D eigenvalue weighted by molar-refractivity contribution is 7.18. The van der Waals surface area contributed by atoms with Crippen LogP contribution in [0, 0.1) is 0 Å². The van der Waals surface area contributed by atoms with E-state index in [9.17, 15) is 4.79 Å². The van der Waals surface area contributed by atoms with Gasteiger partial charge in [-0.25, -0.2) is 4.98 Å². The van der Waals surface area contributed by atoms with Crippen molar-refractivity contribution in [3.05, 3.63) is 70.4 Å². The lowest BCUT2D eigenvalue weighted by molar-refractivity contribution is 0.0702. The molecule has 0 unspecified atom stereocenters. The molecule has 3 heterocycles. The summed E-state index contributed by atoms with van der Waals surface area (Å²) in [6.07, 6.45) is 6.64. The summed E-state index contributed by atoms with van der Waals surface area (Å²) in [6.45, 7) is 1.45. The lowest BCUT2D eigenvalue weighted by Crippen LogP contribution is -2.38. The van der Waals surface area contributed by atoms with Gasteiger partial charge in [0.15, 0.2) is 11.5 Å². The largest absolute Gasteiger partial charge is 0.355 e. The Bertz CT molecular complexity index is 1250. The molecule has 32 heavy (non-hydrogen) atoms. The van der Waals surface area contributed by atoms with Crippen LogP contribution in [-0.2, 0) is 12.8 Å². The number of benzene rings is 2. The molecule has 0 saturated carbocycles. The molecule has 0 spiro atoms. The minimum absolute atomic E-state index is 0.0410. The number of nitrogens with zero attached hydrogens (tertiary/aromatic N) is 3. The minimum atomic E-state index is -0.0410. The molecule has 2 aromatic carbocycles. The Hall–Kier alpha value is -2.99. The molecule has 5 nitrogen and oxygen atoms in total. The second kappa shape index (κ2) is 8.17. The highest BCUT2D eigenvalue weighted by atomic mass is 32.1. The number of hydrogen-bond donors (Lipinski definition) is 0. The van der Waals surface area contributed by atoms with Gasteiger partial charge in [0.25, 0.3) is 5.91 Å². The molecule has 0 atom stereocenters. The molecular formula is C26H25N3O2S. The van der Waals surface area contributed by atoms with Gasteiger partial charge < -0.3 is 9.42 Å². The topological polar surface area (TPSA) is 59.2 Å². The van der Waals surface area contributed by atoms with E-state index in [4.69, 9.17) is 9.51 Å². The van der Waals surface area contributed by atoms with Crippen LogP contribution in [0.2, 0.25) is 0 Å². The number of fused-ring (bicyclic) bond motifs is 2. The summed E-state index contributed by atoms with van der Waals surface area (Å²) in [5.74, 6) is 1.05. The van der Waals surface area contributed by atoms with Crippen LogP contribution < -0.4 is 0 Å². The van der Waals surface area contributed by atoms with Crippen molar-refractivity contribution >= 4 is 27.5 Å². The van der Waals surface area contributed by atoms with Crippen molar-refractivity contribution in [1.82, 2.24) is 15.0 Å². The van der Waals surface area contributed by atoms with Gasteiger partial charge >= 0.3 is 0 Å². The van der Waals surface area contributed by atoms with Gasteiger partial charge in [-0.05, 0) is 67.9 Å². The van der Waals surface area contributed by atoms with Crippen molar-refractivity contribution in [3.8, 4) is 11.3 Å². The number of carbonyl (C=O) groups excluding carboxylic acids is 1. The van der Waals surface area contributed by atoms with Gasteiger partial charge in [0.2, 0.25) is 0 Å². The van der Waals surface area contributed by atoms with Gasteiger partial charge in [0.05, 0.1) is 15.2 Å². The molecule has 1 saturated heterocycles. The summed E-state index contributed by atoms with van der Waals surface area (Å²) in [5.41, 5.74) is 5.31. The van der Waals surface area contributed by atoms with Crippen LogP contribution in [-0.4, -0.2) is 34.0 Å². The zero-order valence-corrected chi connectivity index (χ0v) is 18.7. The normalized spacial score (nSPS) is 16.9. The first-order valence-electron chi connectivity index (χ1n) is 11.5. The number of likely N-dealkylation sites (tertiary alicyclic amines) is 1. The average Bonchev–Trinajstić information content (AvgIpc) is 3.51. The zero-order chi connectivity index (χ0) is 21.5. The minimum Gasteiger partial charge on any atom is -0.355 e. The Balaban J connectivity index is 1.13. The molecule has 162 valence electrons. The van der Waals surface area contributed by atoms with Crippen molar-refractivity contribution in [2.75, 3.05) is 13.1 Å². The van der Waals surface area contributed by atoms with Gasteiger partial charge in [0.1, 0.15) is 0 Å². The van der Waals surface area contributed by atoms with Crippen molar-refractivity contribution in [1.29, 1.82) is 0 Å². The molecular weight excluding hydrogens is 418 g/mol. The molecule has 2 aromatic heterocycles. The van der Waals surface area contributed by atoms with Gasteiger partial charge in [-0.3, -0.25) is 4.79 Å². The summed E-state index contributed by atoms with van der Waals surface area (Å²) in [6, 6.07) is 16.6. The lowest BCUT2D eigenvalue weighted by Gasteiger charge is -2.30. The Labute approximate surface area is 191 Å². The number of rotatable bonds is 3. The smallest absolute Gasteiger partial charge is 0.276 e. The van der Waals surface area contributed by atoms with Crippen LogP contribution in [0.15, 0.2) is 53.1 Å². The van der Waals surface area contributed by atoms with E-state index in [-0.39, 0.29) is 5.91 Å². The van der Waals surface area contributed by atoms with E-state index < -0.39 is 0 Å². The highest BCUT2D eigenvalue weighted by Crippen LogP contribution is 2.34. The Morgan fingerprint density at radius 1 is 1.00 bits per heavy atom. The molecule has 6 rings (SSSR count). The van der Waals surface area contributed by atoms with E-state index in [1.807, 2.05) is 11.0 Å². The molecule has 1 amide bonds. The maximum absolute atomic E-state index is 13.1. The second-order valence-electron chi connectivity index (χ2n) is 8.85. The van der Waals surface area contributed by atoms with Crippen molar-refractivity contribution in [2.45, 2.75) is 44.4 Å². The van der Waals surface area contributed by atoms with Crippen LogP contribution in [0.1, 0.15) is 58.2 Å². The predicted molar refractivity (Wildman–Crippen MR) is 126 cm³/mol. The van der Waals surface area contributed by atoms with Crippen LogP contribution in [0.25, 0.3) is 21.5 Å². The Morgan fingerprint density at radius 2 is 1.81 bits per heavy atom. The first-order valence-corrected chi connectivity index (χ1v) is 12.3.